The van der Waals surface area contributed by atoms with Gasteiger partial charge < -0.3 is 0 Å². The average molecular weight is 553 g/mol. The molecule has 0 aliphatic carbocycles. The first-order chi connectivity index (χ1) is 20.7. The van der Waals surface area contributed by atoms with Crippen LogP contribution >= 0.6 is 0 Å². The Labute approximate surface area is 253 Å². The standard InChI is InChI=1S/C12H10.2C11H9N.2C3H8/c1-3-7-11(8-4-1)12-9-5-2-6-10-12;2*1-2-6-10(7-3-1)11-8-4-5-9-12-11;2*1-3-2/h1-10H;2*1-9H;2*3H2,1-2H3. The third-order valence-electron chi connectivity index (χ3n) is 5.35. The first-order valence-corrected chi connectivity index (χ1v) is 14.8. The van der Waals surface area contributed by atoms with Gasteiger partial charge in [0.2, 0.25) is 0 Å². The van der Waals surface area contributed by atoms with Crippen LogP contribution in [-0.2, 0) is 0 Å². The third-order valence-corrected chi connectivity index (χ3v) is 5.35. The molecule has 0 amide bonds. The van der Waals surface area contributed by atoms with Gasteiger partial charge in [0.25, 0.3) is 0 Å². The van der Waals surface area contributed by atoms with E-state index in [1.54, 1.807) is 0 Å². The van der Waals surface area contributed by atoms with Gasteiger partial charge in [-0.2, -0.15) is 0 Å². The number of pyridine rings is 2. The van der Waals surface area contributed by atoms with Crippen LogP contribution in [0.5, 0.6) is 0 Å². The van der Waals surface area contributed by atoms with Crippen LogP contribution in [0, 0.1) is 0 Å². The van der Waals surface area contributed by atoms with E-state index in [4.69, 9.17) is 0 Å². The summed E-state index contributed by atoms with van der Waals surface area (Å²) in [5.74, 6) is 0. The Morgan fingerprint density at radius 2 is 0.548 bits per heavy atom. The van der Waals surface area contributed by atoms with Crippen molar-refractivity contribution in [2.75, 3.05) is 0 Å². The van der Waals surface area contributed by atoms with E-state index in [-0.39, 0.29) is 0 Å². The monoisotopic (exact) mass is 552 g/mol. The maximum absolute atomic E-state index is 4.25. The summed E-state index contributed by atoms with van der Waals surface area (Å²) in [6, 6.07) is 53.0. The van der Waals surface area contributed by atoms with Crippen LogP contribution < -0.4 is 0 Å². The molecule has 0 atom stereocenters. The molecule has 0 aliphatic rings. The summed E-state index contributed by atoms with van der Waals surface area (Å²) >= 11 is 0. The van der Waals surface area contributed by atoms with Crippen LogP contribution in [0.4, 0.5) is 0 Å². The molecule has 4 aromatic carbocycles. The first kappa shape index (κ1) is 33.4. The summed E-state index contributed by atoms with van der Waals surface area (Å²) < 4.78 is 0. The van der Waals surface area contributed by atoms with Gasteiger partial charge in [0, 0.05) is 23.5 Å². The molecule has 6 rings (SSSR count). The van der Waals surface area contributed by atoms with Crippen molar-refractivity contribution in [3.8, 4) is 33.6 Å². The Hall–Kier alpha value is -4.82. The van der Waals surface area contributed by atoms with E-state index in [1.807, 2.05) is 97.3 Å². The highest BCUT2D eigenvalue weighted by Crippen LogP contribution is 2.17. The molecule has 0 bridgehead atoms. The molecule has 0 fully saturated rings. The second-order valence-corrected chi connectivity index (χ2v) is 9.31. The summed E-state index contributed by atoms with van der Waals surface area (Å²) in [6.07, 6.45) is 6.12. The molecule has 42 heavy (non-hydrogen) atoms. The van der Waals surface area contributed by atoms with Crippen LogP contribution in [0.2, 0.25) is 0 Å². The molecule has 214 valence electrons. The van der Waals surface area contributed by atoms with Gasteiger partial charge in [0.1, 0.15) is 0 Å². The zero-order valence-electron chi connectivity index (χ0n) is 25.5. The number of hydrogen-bond donors (Lipinski definition) is 0. The minimum Gasteiger partial charge on any atom is -0.256 e. The van der Waals surface area contributed by atoms with E-state index in [0.29, 0.717) is 0 Å². The Kier molecular flexibility index (Phi) is 17.4. The summed E-state index contributed by atoms with van der Waals surface area (Å²) in [5, 5.41) is 0. The zero-order valence-corrected chi connectivity index (χ0v) is 25.5. The number of aromatic nitrogens is 2. The lowest BCUT2D eigenvalue weighted by molar-refractivity contribution is 1.09. The lowest BCUT2D eigenvalue weighted by Gasteiger charge is -1.98. The van der Waals surface area contributed by atoms with Gasteiger partial charge in [-0.25, -0.2) is 0 Å². The molecule has 0 unspecified atom stereocenters. The summed E-state index contributed by atoms with van der Waals surface area (Å²) in [7, 11) is 0. The number of nitrogens with zero attached hydrogens (tertiary/aromatic N) is 2. The number of rotatable bonds is 3. The minimum atomic E-state index is 1.03. The molecule has 0 saturated carbocycles. The van der Waals surface area contributed by atoms with Crippen molar-refractivity contribution in [2.24, 2.45) is 0 Å². The Balaban J connectivity index is 0.000000201. The number of hydrogen-bond acceptors (Lipinski definition) is 2. The second kappa shape index (κ2) is 21.9. The van der Waals surface area contributed by atoms with E-state index in [1.165, 1.54) is 24.0 Å². The highest BCUT2D eigenvalue weighted by Gasteiger charge is 1.95. The molecule has 0 spiro atoms. The van der Waals surface area contributed by atoms with Gasteiger partial charge >= 0.3 is 0 Å². The van der Waals surface area contributed by atoms with Gasteiger partial charge in [-0.15, -0.1) is 0 Å². The van der Waals surface area contributed by atoms with Crippen LogP contribution in [0.25, 0.3) is 33.6 Å². The summed E-state index contributed by atoms with van der Waals surface area (Å²) in [4.78, 5) is 8.50. The molecule has 0 aliphatic heterocycles. The van der Waals surface area contributed by atoms with Gasteiger partial charge in [-0.3, -0.25) is 9.97 Å². The fourth-order valence-corrected chi connectivity index (χ4v) is 3.55. The fourth-order valence-electron chi connectivity index (χ4n) is 3.55. The van der Waals surface area contributed by atoms with Crippen LogP contribution in [0.15, 0.2) is 170 Å². The SMILES string of the molecule is CCC.CCC.c1ccc(-c2ccccc2)cc1.c1ccc(-c2ccccn2)cc1.c1ccc(-c2ccccn2)cc1. The van der Waals surface area contributed by atoms with Crippen molar-refractivity contribution in [3.63, 3.8) is 0 Å². The van der Waals surface area contributed by atoms with E-state index in [9.17, 15) is 0 Å². The highest BCUT2D eigenvalue weighted by molar-refractivity contribution is 5.63. The first-order valence-electron chi connectivity index (χ1n) is 14.8. The third kappa shape index (κ3) is 13.5. The average Bonchev–Trinajstić information content (AvgIpc) is 3.09. The van der Waals surface area contributed by atoms with Crippen molar-refractivity contribution in [2.45, 2.75) is 40.5 Å². The number of benzene rings is 4. The van der Waals surface area contributed by atoms with Crippen LogP contribution in [0.3, 0.4) is 0 Å². The molecule has 0 N–H and O–H groups in total. The normalized spacial score (nSPS) is 9.14. The molecule has 0 radical (unpaired) electrons. The van der Waals surface area contributed by atoms with Crippen molar-refractivity contribution in [1.82, 2.24) is 9.97 Å². The van der Waals surface area contributed by atoms with Gasteiger partial charge in [0.05, 0.1) is 11.4 Å². The van der Waals surface area contributed by atoms with Gasteiger partial charge in [0.15, 0.2) is 0 Å². The maximum atomic E-state index is 4.25. The van der Waals surface area contributed by atoms with E-state index >= 15 is 0 Å². The Morgan fingerprint density at radius 3 is 0.786 bits per heavy atom. The van der Waals surface area contributed by atoms with Gasteiger partial charge in [-0.1, -0.05) is 174 Å². The Morgan fingerprint density at radius 1 is 0.310 bits per heavy atom. The quantitative estimate of drug-likeness (QED) is 0.218. The van der Waals surface area contributed by atoms with Crippen molar-refractivity contribution < 1.29 is 0 Å². The van der Waals surface area contributed by atoms with E-state index < -0.39 is 0 Å². The van der Waals surface area contributed by atoms with Gasteiger partial charge in [-0.05, 0) is 35.4 Å². The van der Waals surface area contributed by atoms with Crippen molar-refractivity contribution in [3.05, 3.63) is 170 Å². The fraction of sp³-hybridized carbons (Fsp3) is 0.150. The molecule has 2 heterocycles. The molecule has 2 nitrogen and oxygen atoms in total. The molecule has 2 aromatic heterocycles. The molecule has 6 aromatic rings. The van der Waals surface area contributed by atoms with Crippen molar-refractivity contribution in [1.29, 1.82) is 0 Å². The molecule has 2 heteroatoms. The molecule has 0 saturated heterocycles. The summed E-state index contributed by atoms with van der Waals surface area (Å²) in [5.41, 5.74) is 6.93. The molecular formula is C40H44N2. The van der Waals surface area contributed by atoms with E-state index in [2.05, 4.69) is 110 Å². The smallest absolute Gasteiger partial charge is 0.0701 e. The molecular weight excluding hydrogens is 508 g/mol. The van der Waals surface area contributed by atoms with Crippen molar-refractivity contribution >= 4 is 0 Å². The lowest BCUT2D eigenvalue weighted by Crippen LogP contribution is -1.79. The summed E-state index contributed by atoms with van der Waals surface area (Å²) in [6.45, 7) is 8.50. The van der Waals surface area contributed by atoms with E-state index in [0.717, 1.165) is 22.5 Å². The topological polar surface area (TPSA) is 25.8 Å². The highest BCUT2D eigenvalue weighted by atomic mass is 14.7. The van der Waals surface area contributed by atoms with Crippen LogP contribution in [0.1, 0.15) is 40.5 Å². The second-order valence-electron chi connectivity index (χ2n) is 9.31. The Bertz CT molecular complexity index is 1110. The predicted octanol–water partition coefficient (Wildman–Crippen LogP) is 11.7. The lowest BCUT2D eigenvalue weighted by atomic mass is 10.1. The zero-order chi connectivity index (χ0) is 30.1. The predicted molar refractivity (Wildman–Crippen MR) is 183 cm³/mol. The largest absolute Gasteiger partial charge is 0.256 e. The minimum absolute atomic E-state index is 1.03. The van der Waals surface area contributed by atoms with Crippen LogP contribution in [-0.4, -0.2) is 9.97 Å². The maximum Gasteiger partial charge on any atom is 0.0701 e.